The normalized spacial score (nSPS) is 25.9. The van der Waals surface area contributed by atoms with Crippen molar-refractivity contribution >= 4 is 10.0 Å². The van der Waals surface area contributed by atoms with E-state index < -0.39 is 10.0 Å². The molecule has 0 saturated carbocycles. The Bertz CT molecular complexity index is 399. The zero-order valence-electron chi connectivity index (χ0n) is 13.7. The van der Waals surface area contributed by atoms with E-state index in [-0.39, 0.29) is 22.7 Å². The molecule has 1 aliphatic rings. The minimum atomic E-state index is -3.10. The van der Waals surface area contributed by atoms with E-state index in [9.17, 15) is 8.42 Å². The van der Waals surface area contributed by atoms with Crippen molar-refractivity contribution in [2.24, 2.45) is 11.1 Å². The van der Waals surface area contributed by atoms with Gasteiger partial charge in [0.15, 0.2) is 0 Å². The molecule has 0 aromatic heterocycles. The summed E-state index contributed by atoms with van der Waals surface area (Å²) < 4.78 is 26.7. The molecule has 0 amide bonds. The molecule has 1 heterocycles. The van der Waals surface area contributed by atoms with Crippen LogP contribution in [0.4, 0.5) is 0 Å². The molecule has 2 atom stereocenters. The van der Waals surface area contributed by atoms with Crippen LogP contribution in [-0.2, 0) is 10.0 Å². The van der Waals surface area contributed by atoms with Crippen molar-refractivity contribution in [1.29, 1.82) is 0 Å². The molecule has 1 fully saturated rings. The molecule has 0 aromatic carbocycles. The molecule has 0 radical (unpaired) electrons. The number of nitrogens with zero attached hydrogens (tertiary/aromatic N) is 1. The molecular formula is C15H32N2O2S. The second-order valence-electron chi connectivity index (χ2n) is 7.42. The third kappa shape index (κ3) is 4.43. The van der Waals surface area contributed by atoms with Crippen LogP contribution in [0.5, 0.6) is 0 Å². The first-order valence-corrected chi connectivity index (χ1v) is 9.33. The first-order chi connectivity index (χ1) is 9.06. The first-order valence-electron chi connectivity index (χ1n) is 7.83. The molecule has 2 N–H and O–H groups in total. The second-order valence-corrected chi connectivity index (χ2v) is 9.58. The van der Waals surface area contributed by atoms with E-state index in [0.29, 0.717) is 6.54 Å². The predicted octanol–water partition coefficient (Wildman–Crippen LogP) is 2.73. The summed E-state index contributed by atoms with van der Waals surface area (Å²) in [4.78, 5) is 0. The SMILES string of the molecule is CC(C)N1CCCC(CCC[C@@H](N)C(C)(C)C)S1(=O)=O. The minimum absolute atomic E-state index is 0.0691. The van der Waals surface area contributed by atoms with E-state index in [1.807, 2.05) is 13.8 Å². The number of nitrogens with two attached hydrogens (primary N) is 1. The summed E-state index contributed by atoms with van der Waals surface area (Å²) in [5.74, 6) is 0. The summed E-state index contributed by atoms with van der Waals surface area (Å²) >= 11 is 0. The van der Waals surface area contributed by atoms with Gasteiger partial charge < -0.3 is 5.73 Å². The number of rotatable bonds is 5. The fourth-order valence-corrected chi connectivity index (χ4v) is 5.07. The van der Waals surface area contributed by atoms with Crippen molar-refractivity contribution in [1.82, 2.24) is 4.31 Å². The van der Waals surface area contributed by atoms with Gasteiger partial charge in [-0.1, -0.05) is 27.2 Å². The average molecular weight is 304 g/mol. The maximum Gasteiger partial charge on any atom is 0.217 e. The Morgan fingerprint density at radius 3 is 2.40 bits per heavy atom. The molecule has 4 nitrogen and oxygen atoms in total. The Labute approximate surface area is 125 Å². The van der Waals surface area contributed by atoms with Crippen molar-refractivity contribution < 1.29 is 8.42 Å². The summed E-state index contributed by atoms with van der Waals surface area (Å²) in [6.07, 6.45) is 4.32. The van der Waals surface area contributed by atoms with Gasteiger partial charge in [0.2, 0.25) is 10.0 Å². The van der Waals surface area contributed by atoms with Crippen LogP contribution >= 0.6 is 0 Å². The predicted molar refractivity (Wildman–Crippen MR) is 85.1 cm³/mol. The Hall–Kier alpha value is -0.130. The highest BCUT2D eigenvalue weighted by molar-refractivity contribution is 7.89. The van der Waals surface area contributed by atoms with Gasteiger partial charge in [-0.05, 0) is 44.9 Å². The Morgan fingerprint density at radius 2 is 1.90 bits per heavy atom. The van der Waals surface area contributed by atoms with Crippen LogP contribution in [0.1, 0.15) is 66.7 Å². The lowest BCUT2D eigenvalue weighted by Gasteiger charge is -2.35. The van der Waals surface area contributed by atoms with Gasteiger partial charge in [0.25, 0.3) is 0 Å². The molecule has 1 unspecified atom stereocenters. The van der Waals surface area contributed by atoms with Crippen molar-refractivity contribution in [2.45, 2.75) is 84.1 Å². The third-order valence-electron chi connectivity index (χ3n) is 4.38. The van der Waals surface area contributed by atoms with Gasteiger partial charge in [0.1, 0.15) is 0 Å². The highest BCUT2D eigenvalue weighted by Crippen LogP contribution is 2.28. The molecule has 20 heavy (non-hydrogen) atoms. The molecule has 0 aliphatic carbocycles. The van der Waals surface area contributed by atoms with E-state index in [4.69, 9.17) is 5.73 Å². The van der Waals surface area contributed by atoms with Gasteiger partial charge in [0, 0.05) is 18.6 Å². The molecule has 120 valence electrons. The summed E-state index contributed by atoms with van der Waals surface area (Å²) in [5.41, 5.74) is 6.24. The van der Waals surface area contributed by atoms with Gasteiger partial charge >= 0.3 is 0 Å². The fourth-order valence-electron chi connectivity index (χ4n) is 2.79. The van der Waals surface area contributed by atoms with E-state index in [1.165, 1.54) is 0 Å². The largest absolute Gasteiger partial charge is 0.327 e. The Morgan fingerprint density at radius 1 is 1.30 bits per heavy atom. The number of hydrogen-bond acceptors (Lipinski definition) is 3. The lowest BCUT2D eigenvalue weighted by molar-refractivity contribution is 0.290. The van der Waals surface area contributed by atoms with Gasteiger partial charge in [-0.15, -0.1) is 0 Å². The van der Waals surface area contributed by atoms with Crippen molar-refractivity contribution in [3.63, 3.8) is 0 Å². The van der Waals surface area contributed by atoms with E-state index in [1.54, 1.807) is 4.31 Å². The molecule has 5 heteroatoms. The Balaban J connectivity index is 2.56. The lowest BCUT2D eigenvalue weighted by atomic mass is 9.84. The average Bonchev–Trinajstić information content (AvgIpc) is 2.28. The van der Waals surface area contributed by atoms with Crippen LogP contribution in [0.25, 0.3) is 0 Å². The zero-order valence-corrected chi connectivity index (χ0v) is 14.5. The molecule has 0 aromatic rings. The van der Waals surface area contributed by atoms with E-state index in [0.717, 1.165) is 32.1 Å². The van der Waals surface area contributed by atoms with Crippen molar-refractivity contribution in [3.8, 4) is 0 Å². The number of sulfonamides is 1. The molecule has 1 rings (SSSR count). The van der Waals surface area contributed by atoms with Gasteiger partial charge in [0.05, 0.1) is 5.25 Å². The van der Waals surface area contributed by atoms with Crippen LogP contribution < -0.4 is 5.73 Å². The van der Waals surface area contributed by atoms with Crippen LogP contribution in [-0.4, -0.2) is 36.6 Å². The standard InChI is InChI=1S/C15H32N2O2S/c1-12(2)17-11-7-9-13(20(17,18)19)8-6-10-14(16)15(3,4)5/h12-14H,6-11,16H2,1-5H3/t13?,14-/m1/s1. The maximum absolute atomic E-state index is 12.5. The summed E-state index contributed by atoms with van der Waals surface area (Å²) in [6.45, 7) is 11.0. The second kappa shape index (κ2) is 6.75. The van der Waals surface area contributed by atoms with Crippen LogP contribution in [0.2, 0.25) is 0 Å². The maximum atomic E-state index is 12.5. The van der Waals surface area contributed by atoms with Crippen molar-refractivity contribution in [2.75, 3.05) is 6.54 Å². The Kier molecular flexibility index (Phi) is 6.05. The van der Waals surface area contributed by atoms with Gasteiger partial charge in [-0.3, -0.25) is 0 Å². The quantitative estimate of drug-likeness (QED) is 0.849. The molecule has 0 spiro atoms. The fraction of sp³-hybridized carbons (Fsp3) is 1.00. The highest BCUT2D eigenvalue weighted by Gasteiger charge is 2.36. The van der Waals surface area contributed by atoms with E-state index in [2.05, 4.69) is 20.8 Å². The molecular weight excluding hydrogens is 272 g/mol. The topological polar surface area (TPSA) is 63.4 Å². The molecule has 1 saturated heterocycles. The van der Waals surface area contributed by atoms with Crippen LogP contribution in [0, 0.1) is 5.41 Å². The molecule has 0 bridgehead atoms. The smallest absolute Gasteiger partial charge is 0.217 e. The van der Waals surface area contributed by atoms with Crippen molar-refractivity contribution in [3.05, 3.63) is 0 Å². The molecule has 1 aliphatic heterocycles. The van der Waals surface area contributed by atoms with Crippen LogP contribution in [0.15, 0.2) is 0 Å². The summed E-state index contributed by atoms with van der Waals surface area (Å²) in [5, 5.41) is -0.203. The minimum Gasteiger partial charge on any atom is -0.327 e. The first kappa shape index (κ1) is 17.9. The lowest BCUT2D eigenvalue weighted by Crippen LogP contribution is -2.47. The summed E-state index contributed by atoms with van der Waals surface area (Å²) in [6, 6.07) is 0.203. The van der Waals surface area contributed by atoms with Crippen LogP contribution in [0.3, 0.4) is 0 Å². The van der Waals surface area contributed by atoms with Gasteiger partial charge in [-0.2, -0.15) is 4.31 Å². The number of hydrogen-bond donors (Lipinski definition) is 1. The van der Waals surface area contributed by atoms with Gasteiger partial charge in [-0.25, -0.2) is 8.42 Å². The zero-order chi connectivity index (χ0) is 15.6. The highest BCUT2D eigenvalue weighted by atomic mass is 32.2. The monoisotopic (exact) mass is 304 g/mol. The van der Waals surface area contributed by atoms with E-state index >= 15 is 0 Å². The summed E-state index contributed by atoms with van der Waals surface area (Å²) in [7, 11) is -3.10. The third-order valence-corrected chi connectivity index (χ3v) is 6.95.